The Morgan fingerprint density at radius 3 is 2.67 bits per heavy atom. The SMILES string of the molecule is CC(NCc1ccc(-c2ccn[nH]2)cc1)C1CC1. The fourth-order valence-electron chi connectivity index (χ4n) is 2.26. The van der Waals surface area contributed by atoms with Crippen molar-refractivity contribution in [1.29, 1.82) is 0 Å². The Morgan fingerprint density at radius 1 is 1.28 bits per heavy atom. The van der Waals surface area contributed by atoms with Crippen LogP contribution in [-0.4, -0.2) is 16.2 Å². The number of hydrogen-bond acceptors (Lipinski definition) is 2. The fourth-order valence-corrected chi connectivity index (χ4v) is 2.26. The van der Waals surface area contributed by atoms with Gasteiger partial charge in [-0.1, -0.05) is 24.3 Å². The number of rotatable bonds is 5. The zero-order chi connectivity index (χ0) is 12.4. The number of benzene rings is 1. The largest absolute Gasteiger partial charge is 0.310 e. The molecule has 3 heteroatoms. The van der Waals surface area contributed by atoms with E-state index in [1.54, 1.807) is 6.20 Å². The summed E-state index contributed by atoms with van der Waals surface area (Å²) in [6.07, 6.45) is 4.57. The van der Waals surface area contributed by atoms with Crippen molar-refractivity contribution in [3.63, 3.8) is 0 Å². The number of nitrogens with zero attached hydrogens (tertiary/aromatic N) is 1. The van der Waals surface area contributed by atoms with Gasteiger partial charge in [0.2, 0.25) is 0 Å². The molecule has 3 rings (SSSR count). The van der Waals surface area contributed by atoms with Crippen molar-refractivity contribution in [1.82, 2.24) is 15.5 Å². The Hall–Kier alpha value is -1.61. The molecule has 18 heavy (non-hydrogen) atoms. The maximum atomic E-state index is 3.97. The van der Waals surface area contributed by atoms with Crippen molar-refractivity contribution in [2.24, 2.45) is 5.92 Å². The Labute approximate surface area is 108 Å². The first-order valence-electron chi connectivity index (χ1n) is 6.65. The highest BCUT2D eigenvalue weighted by atomic mass is 15.1. The lowest BCUT2D eigenvalue weighted by molar-refractivity contribution is 0.496. The van der Waals surface area contributed by atoms with Crippen LogP contribution in [0.4, 0.5) is 0 Å². The van der Waals surface area contributed by atoms with Gasteiger partial charge in [0.15, 0.2) is 0 Å². The summed E-state index contributed by atoms with van der Waals surface area (Å²) < 4.78 is 0. The van der Waals surface area contributed by atoms with Crippen LogP contribution < -0.4 is 5.32 Å². The van der Waals surface area contributed by atoms with Gasteiger partial charge in [0.1, 0.15) is 0 Å². The molecule has 1 heterocycles. The topological polar surface area (TPSA) is 40.7 Å². The van der Waals surface area contributed by atoms with E-state index in [4.69, 9.17) is 0 Å². The summed E-state index contributed by atoms with van der Waals surface area (Å²) in [6.45, 7) is 3.25. The lowest BCUT2D eigenvalue weighted by atomic mass is 10.1. The molecule has 1 aliphatic carbocycles. The van der Waals surface area contributed by atoms with Gasteiger partial charge in [-0.3, -0.25) is 5.10 Å². The molecule has 0 saturated heterocycles. The predicted molar refractivity (Wildman–Crippen MR) is 73.0 cm³/mol. The van der Waals surface area contributed by atoms with Gasteiger partial charge in [-0.15, -0.1) is 0 Å². The fraction of sp³-hybridized carbons (Fsp3) is 0.400. The van der Waals surface area contributed by atoms with E-state index in [0.717, 1.165) is 18.2 Å². The quantitative estimate of drug-likeness (QED) is 0.845. The summed E-state index contributed by atoms with van der Waals surface area (Å²) in [5.41, 5.74) is 3.60. The van der Waals surface area contributed by atoms with Gasteiger partial charge >= 0.3 is 0 Å². The molecule has 94 valence electrons. The summed E-state index contributed by atoms with van der Waals surface area (Å²) >= 11 is 0. The molecule has 0 spiro atoms. The minimum Gasteiger partial charge on any atom is -0.310 e. The van der Waals surface area contributed by atoms with Crippen molar-refractivity contribution >= 4 is 0 Å². The third-order valence-corrected chi connectivity index (χ3v) is 3.72. The molecule has 1 aromatic heterocycles. The molecular weight excluding hydrogens is 222 g/mol. The second-order valence-electron chi connectivity index (χ2n) is 5.17. The van der Waals surface area contributed by atoms with Crippen molar-refractivity contribution in [3.8, 4) is 11.3 Å². The minimum atomic E-state index is 0.650. The second kappa shape index (κ2) is 4.94. The van der Waals surface area contributed by atoms with Gasteiger partial charge in [0.25, 0.3) is 0 Å². The van der Waals surface area contributed by atoms with Gasteiger partial charge in [0, 0.05) is 18.8 Å². The number of hydrogen-bond donors (Lipinski definition) is 2. The van der Waals surface area contributed by atoms with E-state index in [-0.39, 0.29) is 0 Å². The third-order valence-electron chi connectivity index (χ3n) is 3.72. The van der Waals surface area contributed by atoms with E-state index in [1.807, 2.05) is 6.07 Å². The van der Waals surface area contributed by atoms with E-state index in [0.29, 0.717) is 6.04 Å². The number of aromatic amines is 1. The first kappa shape index (κ1) is 11.5. The molecule has 1 fully saturated rings. The lowest BCUT2D eigenvalue weighted by Crippen LogP contribution is -2.27. The molecule has 0 amide bonds. The van der Waals surface area contributed by atoms with Crippen LogP contribution in [0.2, 0.25) is 0 Å². The Kier molecular flexibility index (Phi) is 3.15. The molecule has 1 saturated carbocycles. The summed E-state index contributed by atoms with van der Waals surface area (Å²) in [4.78, 5) is 0. The van der Waals surface area contributed by atoms with E-state index < -0.39 is 0 Å². The first-order valence-corrected chi connectivity index (χ1v) is 6.65. The molecular formula is C15H19N3. The van der Waals surface area contributed by atoms with Crippen molar-refractivity contribution in [3.05, 3.63) is 42.1 Å². The van der Waals surface area contributed by atoms with Crippen LogP contribution in [0.1, 0.15) is 25.3 Å². The molecule has 3 nitrogen and oxygen atoms in total. The summed E-state index contributed by atoms with van der Waals surface area (Å²) in [7, 11) is 0. The Balaban J connectivity index is 1.60. The number of H-pyrrole nitrogens is 1. The first-order chi connectivity index (χ1) is 8.83. The molecule has 0 radical (unpaired) electrons. The number of aromatic nitrogens is 2. The van der Waals surface area contributed by atoms with E-state index in [2.05, 4.69) is 46.7 Å². The monoisotopic (exact) mass is 241 g/mol. The standard InChI is InChI=1S/C15H19N3/c1-11(13-6-7-13)16-10-12-2-4-14(5-3-12)15-8-9-17-18-15/h2-5,8-9,11,13,16H,6-7,10H2,1H3,(H,17,18). The van der Waals surface area contributed by atoms with Crippen molar-refractivity contribution in [2.75, 3.05) is 0 Å². The predicted octanol–water partition coefficient (Wildman–Crippen LogP) is 2.96. The zero-order valence-corrected chi connectivity index (χ0v) is 10.7. The highest BCUT2D eigenvalue weighted by molar-refractivity contribution is 5.58. The molecule has 1 aliphatic rings. The highest BCUT2D eigenvalue weighted by Crippen LogP contribution is 2.32. The van der Waals surface area contributed by atoms with Gasteiger partial charge in [-0.05, 0) is 42.9 Å². The minimum absolute atomic E-state index is 0.650. The Bertz CT molecular complexity index is 483. The average Bonchev–Trinajstić information content (AvgIpc) is 3.12. The Morgan fingerprint density at radius 2 is 2.06 bits per heavy atom. The maximum absolute atomic E-state index is 3.97. The summed E-state index contributed by atoms with van der Waals surface area (Å²) in [5, 5.41) is 10.5. The van der Waals surface area contributed by atoms with E-state index in [1.165, 1.54) is 24.0 Å². The van der Waals surface area contributed by atoms with E-state index in [9.17, 15) is 0 Å². The molecule has 2 N–H and O–H groups in total. The zero-order valence-electron chi connectivity index (χ0n) is 10.7. The van der Waals surface area contributed by atoms with Gasteiger partial charge < -0.3 is 5.32 Å². The smallest absolute Gasteiger partial charge is 0.0650 e. The van der Waals surface area contributed by atoms with Crippen LogP contribution in [0.5, 0.6) is 0 Å². The van der Waals surface area contributed by atoms with Gasteiger partial charge in [-0.2, -0.15) is 5.10 Å². The van der Waals surface area contributed by atoms with E-state index >= 15 is 0 Å². The van der Waals surface area contributed by atoms with Crippen LogP contribution >= 0.6 is 0 Å². The molecule has 1 aromatic carbocycles. The maximum Gasteiger partial charge on any atom is 0.0650 e. The third kappa shape index (κ3) is 2.62. The summed E-state index contributed by atoms with van der Waals surface area (Å²) in [5.74, 6) is 0.911. The summed E-state index contributed by atoms with van der Waals surface area (Å²) in [6, 6.07) is 11.3. The van der Waals surface area contributed by atoms with Gasteiger partial charge in [0.05, 0.1) is 5.69 Å². The van der Waals surface area contributed by atoms with Crippen LogP contribution in [0.3, 0.4) is 0 Å². The van der Waals surface area contributed by atoms with Crippen LogP contribution in [0, 0.1) is 5.92 Å². The number of nitrogens with one attached hydrogen (secondary N) is 2. The molecule has 1 unspecified atom stereocenters. The highest BCUT2D eigenvalue weighted by Gasteiger charge is 2.27. The molecule has 0 bridgehead atoms. The molecule has 0 aliphatic heterocycles. The average molecular weight is 241 g/mol. The second-order valence-corrected chi connectivity index (χ2v) is 5.17. The van der Waals surface area contributed by atoms with Crippen molar-refractivity contribution in [2.45, 2.75) is 32.4 Å². The molecule has 1 atom stereocenters. The van der Waals surface area contributed by atoms with Crippen LogP contribution in [0.25, 0.3) is 11.3 Å². The lowest BCUT2D eigenvalue weighted by Gasteiger charge is -2.12. The van der Waals surface area contributed by atoms with Crippen LogP contribution in [0.15, 0.2) is 36.5 Å². The van der Waals surface area contributed by atoms with Crippen LogP contribution in [-0.2, 0) is 6.54 Å². The van der Waals surface area contributed by atoms with Gasteiger partial charge in [-0.25, -0.2) is 0 Å². The normalized spacial score (nSPS) is 16.7. The van der Waals surface area contributed by atoms with Crippen molar-refractivity contribution < 1.29 is 0 Å². The molecule has 2 aromatic rings.